The molecule has 0 bridgehead atoms. The number of rotatable bonds is 10. The Morgan fingerprint density at radius 1 is 1.06 bits per heavy atom. The summed E-state index contributed by atoms with van der Waals surface area (Å²) in [4.78, 5) is 17.1. The molecular weight excluding hydrogens is 422 g/mol. The van der Waals surface area contributed by atoms with E-state index < -0.39 is 0 Å². The zero-order chi connectivity index (χ0) is 22.3. The highest BCUT2D eigenvalue weighted by Gasteiger charge is 2.39. The van der Waals surface area contributed by atoms with Crippen molar-refractivity contribution >= 4 is 24.0 Å². The number of nitrogens with one attached hydrogen (secondary N) is 1. The van der Waals surface area contributed by atoms with Gasteiger partial charge in [0, 0.05) is 37.4 Å². The molecule has 1 heterocycles. The predicted octanol–water partition coefficient (Wildman–Crippen LogP) is 5.76. The molecular formula is C26H38ClN3O2. The predicted molar refractivity (Wildman–Crippen MR) is 135 cm³/mol. The highest BCUT2D eigenvalue weighted by Crippen LogP contribution is 2.38. The van der Waals surface area contributed by atoms with Gasteiger partial charge in [0.2, 0.25) is 0 Å². The van der Waals surface area contributed by atoms with Gasteiger partial charge in [-0.15, -0.1) is 12.4 Å². The second kappa shape index (κ2) is 12.1. The average Bonchev–Trinajstić information content (AvgIpc) is 3.35. The number of amides is 1. The Bertz CT molecular complexity index is 848. The smallest absolute Gasteiger partial charge is 0.253 e. The van der Waals surface area contributed by atoms with Crippen LogP contribution in [0.5, 0.6) is 5.75 Å². The van der Waals surface area contributed by atoms with E-state index in [1.165, 1.54) is 18.4 Å². The first-order chi connectivity index (χ1) is 15.1. The van der Waals surface area contributed by atoms with Gasteiger partial charge in [0.1, 0.15) is 11.4 Å². The summed E-state index contributed by atoms with van der Waals surface area (Å²) in [6.07, 6.45) is 4.47. The van der Waals surface area contributed by atoms with Gasteiger partial charge in [-0.2, -0.15) is 0 Å². The van der Waals surface area contributed by atoms with Crippen molar-refractivity contribution in [1.82, 2.24) is 9.80 Å². The molecule has 0 aromatic heterocycles. The van der Waals surface area contributed by atoms with E-state index in [0.717, 1.165) is 56.0 Å². The number of carbonyl (C=O) groups is 1. The summed E-state index contributed by atoms with van der Waals surface area (Å²) in [5.74, 6) is 0.961. The summed E-state index contributed by atoms with van der Waals surface area (Å²) in [7, 11) is 1.72. The lowest BCUT2D eigenvalue weighted by Gasteiger charge is -2.44. The molecule has 0 radical (unpaired) electrons. The number of nitrogens with zero attached hydrogens (tertiary/aromatic N) is 2. The van der Waals surface area contributed by atoms with E-state index in [1.54, 1.807) is 7.11 Å². The first-order valence-corrected chi connectivity index (χ1v) is 11.6. The number of hydrogen-bond donors (Lipinski definition) is 1. The van der Waals surface area contributed by atoms with E-state index >= 15 is 0 Å². The van der Waals surface area contributed by atoms with Crippen LogP contribution in [0.1, 0.15) is 62.4 Å². The maximum atomic E-state index is 12.7. The van der Waals surface area contributed by atoms with Crippen LogP contribution >= 0.6 is 12.4 Å². The van der Waals surface area contributed by atoms with Crippen molar-refractivity contribution in [2.45, 2.75) is 52.1 Å². The van der Waals surface area contributed by atoms with Gasteiger partial charge in [-0.3, -0.25) is 9.69 Å². The van der Waals surface area contributed by atoms with Crippen molar-refractivity contribution in [2.75, 3.05) is 38.6 Å². The summed E-state index contributed by atoms with van der Waals surface area (Å²) in [5, 5.41) is 3.87. The minimum absolute atomic E-state index is 0. The van der Waals surface area contributed by atoms with E-state index in [4.69, 9.17) is 4.74 Å². The van der Waals surface area contributed by atoms with E-state index in [2.05, 4.69) is 35.3 Å². The van der Waals surface area contributed by atoms with Gasteiger partial charge in [0.25, 0.3) is 5.91 Å². The molecule has 1 unspecified atom stereocenters. The molecule has 5 nitrogen and oxygen atoms in total. The molecule has 0 saturated carbocycles. The molecule has 1 aliphatic rings. The van der Waals surface area contributed by atoms with Crippen molar-refractivity contribution in [3.05, 3.63) is 59.7 Å². The molecule has 1 atom stereocenters. The number of carbonyl (C=O) groups excluding carboxylic acids is 1. The molecule has 2 aromatic rings. The summed E-state index contributed by atoms with van der Waals surface area (Å²) in [6, 6.07) is 16.4. The van der Waals surface area contributed by atoms with Crippen LogP contribution in [-0.4, -0.2) is 49.0 Å². The first kappa shape index (κ1) is 26.0. The zero-order valence-electron chi connectivity index (χ0n) is 19.9. The highest BCUT2D eigenvalue weighted by atomic mass is 35.5. The average molecular weight is 460 g/mol. The van der Waals surface area contributed by atoms with E-state index in [0.29, 0.717) is 0 Å². The van der Waals surface area contributed by atoms with Crippen LogP contribution in [0.4, 0.5) is 5.69 Å². The van der Waals surface area contributed by atoms with Gasteiger partial charge in [-0.25, -0.2) is 0 Å². The minimum Gasteiger partial charge on any atom is -0.497 e. The molecule has 0 spiro atoms. The van der Waals surface area contributed by atoms with Gasteiger partial charge in [-0.1, -0.05) is 25.5 Å². The Labute approximate surface area is 199 Å². The molecule has 1 aliphatic heterocycles. The van der Waals surface area contributed by atoms with E-state index in [-0.39, 0.29) is 24.0 Å². The number of anilines is 1. The third-order valence-electron chi connectivity index (χ3n) is 6.34. The van der Waals surface area contributed by atoms with E-state index in [1.807, 2.05) is 49.1 Å². The van der Waals surface area contributed by atoms with Crippen molar-refractivity contribution in [3.8, 4) is 5.75 Å². The summed E-state index contributed by atoms with van der Waals surface area (Å²) in [6.45, 7) is 9.85. The van der Waals surface area contributed by atoms with E-state index in [9.17, 15) is 4.79 Å². The number of methoxy groups -OCH3 is 1. The molecule has 2 aromatic carbocycles. The molecule has 3 rings (SSSR count). The standard InChI is InChI=1S/C26H37N3O2.ClH/c1-5-17-26(29-18-8-9-19-29,22-11-10-12-24(20-22)31-4)27-23-15-13-21(14-16-23)25(30)28(6-2)7-3;/h10-16,20,27H,5-9,17-19H2,1-4H3;1H. The Morgan fingerprint density at radius 3 is 2.28 bits per heavy atom. The van der Waals surface area contributed by atoms with Crippen LogP contribution < -0.4 is 10.1 Å². The fourth-order valence-electron chi connectivity index (χ4n) is 4.67. The summed E-state index contributed by atoms with van der Waals surface area (Å²) in [5.41, 5.74) is 2.68. The quantitative estimate of drug-likeness (QED) is 0.490. The second-order valence-electron chi connectivity index (χ2n) is 8.22. The number of benzene rings is 2. The van der Waals surface area contributed by atoms with Gasteiger partial charge in [-0.05, 0) is 75.1 Å². The highest BCUT2D eigenvalue weighted by molar-refractivity contribution is 5.94. The summed E-state index contributed by atoms with van der Waals surface area (Å²) >= 11 is 0. The lowest BCUT2D eigenvalue weighted by Crippen LogP contribution is -2.50. The van der Waals surface area contributed by atoms with Crippen LogP contribution in [0.2, 0.25) is 0 Å². The SMILES string of the molecule is CCCC(Nc1ccc(C(=O)N(CC)CC)cc1)(c1cccc(OC)c1)N1CCCC1.Cl. The van der Waals surface area contributed by atoms with Crippen molar-refractivity contribution < 1.29 is 9.53 Å². The fraction of sp³-hybridized carbons (Fsp3) is 0.500. The maximum absolute atomic E-state index is 12.7. The van der Waals surface area contributed by atoms with Crippen LogP contribution in [0.15, 0.2) is 48.5 Å². The second-order valence-corrected chi connectivity index (χ2v) is 8.22. The molecule has 176 valence electrons. The monoisotopic (exact) mass is 459 g/mol. The minimum atomic E-state index is -0.301. The molecule has 6 heteroatoms. The van der Waals surface area contributed by atoms with Gasteiger partial charge < -0.3 is 15.0 Å². The maximum Gasteiger partial charge on any atom is 0.253 e. The molecule has 1 fully saturated rings. The largest absolute Gasteiger partial charge is 0.497 e. The number of hydrogen-bond acceptors (Lipinski definition) is 4. The molecule has 1 saturated heterocycles. The van der Waals surface area contributed by atoms with Gasteiger partial charge in [0.15, 0.2) is 0 Å². The number of halogens is 1. The lowest BCUT2D eigenvalue weighted by molar-refractivity contribution is 0.0773. The first-order valence-electron chi connectivity index (χ1n) is 11.6. The molecule has 0 aliphatic carbocycles. The Balaban J connectivity index is 0.00000363. The number of likely N-dealkylation sites (tertiary alicyclic amines) is 1. The Hall–Kier alpha value is -2.24. The van der Waals surface area contributed by atoms with Crippen LogP contribution in [0.3, 0.4) is 0 Å². The van der Waals surface area contributed by atoms with Crippen molar-refractivity contribution in [1.29, 1.82) is 0 Å². The Kier molecular flexibility index (Phi) is 9.85. The van der Waals surface area contributed by atoms with Crippen LogP contribution in [0, 0.1) is 0 Å². The van der Waals surface area contributed by atoms with Gasteiger partial charge >= 0.3 is 0 Å². The molecule has 32 heavy (non-hydrogen) atoms. The third kappa shape index (κ3) is 5.57. The number of ether oxygens (including phenoxy) is 1. The Morgan fingerprint density at radius 2 is 1.72 bits per heavy atom. The zero-order valence-corrected chi connectivity index (χ0v) is 20.7. The van der Waals surface area contributed by atoms with Crippen LogP contribution in [0.25, 0.3) is 0 Å². The molecule has 1 amide bonds. The molecule has 1 N–H and O–H groups in total. The summed E-state index contributed by atoms with van der Waals surface area (Å²) < 4.78 is 5.54. The van der Waals surface area contributed by atoms with Crippen LogP contribution in [-0.2, 0) is 5.66 Å². The van der Waals surface area contributed by atoms with Crippen molar-refractivity contribution in [2.24, 2.45) is 0 Å². The topological polar surface area (TPSA) is 44.8 Å². The fourth-order valence-corrected chi connectivity index (χ4v) is 4.67. The normalized spacial score (nSPS) is 15.5. The lowest BCUT2D eigenvalue weighted by atomic mass is 9.91. The third-order valence-corrected chi connectivity index (χ3v) is 6.34. The van der Waals surface area contributed by atoms with Gasteiger partial charge in [0.05, 0.1) is 7.11 Å². The van der Waals surface area contributed by atoms with Crippen molar-refractivity contribution in [3.63, 3.8) is 0 Å².